The Morgan fingerprint density at radius 2 is 1.48 bits per heavy atom. The predicted octanol–water partition coefficient (Wildman–Crippen LogP) is 2.99. The molecule has 6 nitrogen and oxygen atoms in total. The number of halogens is 3. The number of hydrogen-bond acceptors (Lipinski definition) is 4. The lowest BCUT2D eigenvalue weighted by molar-refractivity contribution is -0.137. The van der Waals surface area contributed by atoms with Crippen LogP contribution in [0.3, 0.4) is 0 Å². The van der Waals surface area contributed by atoms with Crippen LogP contribution in [0.25, 0.3) is 0 Å². The summed E-state index contributed by atoms with van der Waals surface area (Å²) < 4.78 is 42.5. The van der Waals surface area contributed by atoms with Crippen LogP contribution in [-0.2, 0) is 15.7 Å². The van der Waals surface area contributed by atoms with E-state index in [1.54, 1.807) is 0 Å². The highest BCUT2D eigenvalue weighted by Gasteiger charge is 2.30. The van der Waals surface area contributed by atoms with Crippen molar-refractivity contribution >= 4 is 23.5 Å². The Morgan fingerprint density at radius 3 is 1.96 bits per heavy atom. The van der Waals surface area contributed by atoms with Crippen molar-refractivity contribution in [1.29, 1.82) is 0 Å². The summed E-state index contributed by atoms with van der Waals surface area (Å²) in [5, 5.41) is 2.48. The molecule has 2 amide bonds. The smallest absolute Gasteiger partial charge is 0.416 e. The van der Waals surface area contributed by atoms with Crippen LogP contribution in [-0.4, -0.2) is 23.9 Å². The molecule has 0 aliphatic rings. The summed E-state index contributed by atoms with van der Waals surface area (Å²) in [4.78, 5) is 35.0. The molecule has 9 heteroatoms. The summed E-state index contributed by atoms with van der Waals surface area (Å²) in [6.07, 6.45) is -5.71. The van der Waals surface area contributed by atoms with Crippen molar-refractivity contribution in [3.8, 4) is 0 Å². The minimum absolute atomic E-state index is 0.117. The number of carbonyl (C=O) groups excluding carboxylic acids is 3. The fraction of sp³-hybridized carbons (Fsp3) is 0.167. The van der Waals surface area contributed by atoms with Gasteiger partial charge in [0, 0.05) is 11.3 Å². The molecule has 0 spiro atoms. The molecule has 0 bridgehead atoms. The molecule has 0 saturated carbocycles. The van der Waals surface area contributed by atoms with Crippen LogP contribution in [0.2, 0.25) is 0 Å². The van der Waals surface area contributed by atoms with Crippen LogP contribution in [0.4, 0.5) is 18.9 Å². The summed E-state index contributed by atoms with van der Waals surface area (Å²) in [5.41, 5.74) is 4.70. The molecule has 0 fully saturated rings. The molecule has 2 rings (SSSR count). The molecule has 1 unspecified atom stereocenters. The van der Waals surface area contributed by atoms with E-state index >= 15 is 0 Å². The van der Waals surface area contributed by atoms with Gasteiger partial charge in [-0.15, -0.1) is 0 Å². The van der Waals surface area contributed by atoms with Crippen LogP contribution >= 0.6 is 0 Å². The molecule has 0 aromatic heterocycles. The van der Waals surface area contributed by atoms with E-state index in [4.69, 9.17) is 10.5 Å². The van der Waals surface area contributed by atoms with Gasteiger partial charge in [0.1, 0.15) is 0 Å². The average Bonchev–Trinajstić information content (AvgIpc) is 2.61. The van der Waals surface area contributed by atoms with Crippen molar-refractivity contribution < 1.29 is 32.3 Å². The molecule has 1 atom stereocenters. The summed E-state index contributed by atoms with van der Waals surface area (Å²) in [5.74, 6) is -2.20. The molecular weight excluding hydrogens is 365 g/mol. The Morgan fingerprint density at radius 1 is 0.963 bits per heavy atom. The monoisotopic (exact) mass is 380 g/mol. The summed E-state index contributed by atoms with van der Waals surface area (Å²) >= 11 is 0. The maximum absolute atomic E-state index is 12.5. The quantitative estimate of drug-likeness (QED) is 0.779. The first kappa shape index (κ1) is 20.0. The van der Waals surface area contributed by atoms with Gasteiger partial charge in [0.15, 0.2) is 6.10 Å². The maximum Gasteiger partial charge on any atom is 0.416 e. The molecule has 3 N–H and O–H groups in total. The Bertz CT molecular complexity index is 846. The number of anilines is 1. The first-order chi connectivity index (χ1) is 12.6. The van der Waals surface area contributed by atoms with Gasteiger partial charge in [-0.1, -0.05) is 0 Å². The number of nitrogens with one attached hydrogen (secondary N) is 1. The van der Waals surface area contributed by atoms with Gasteiger partial charge in [-0.05, 0) is 55.5 Å². The first-order valence-corrected chi connectivity index (χ1v) is 7.67. The molecule has 2 aromatic carbocycles. The Balaban J connectivity index is 1.97. The topological polar surface area (TPSA) is 98.5 Å². The number of ether oxygens (including phenoxy) is 1. The number of amides is 2. The molecular formula is C18H15F3N2O4. The van der Waals surface area contributed by atoms with E-state index in [2.05, 4.69) is 5.32 Å². The third-order valence-electron chi connectivity index (χ3n) is 3.54. The van der Waals surface area contributed by atoms with Gasteiger partial charge in [0.25, 0.3) is 5.91 Å². The van der Waals surface area contributed by atoms with E-state index in [9.17, 15) is 27.6 Å². The molecule has 0 saturated heterocycles. The van der Waals surface area contributed by atoms with Crippen LogP contribution in [0.1, 0.15) is 33.2 Å². The molecule has 0 aliphatic heterocycles. The summed E-state index contributed by atoms with van der Waals surface area (Å²) in [6, 6.07) is 9.17. The molecule has 0 aliphatic carbocycles. The van der Waals surface area contributed by atoms with E-state index in [0.717, 1.165) is 24.3 Å². The second kappa shape index (κ2) is 7.90. The number of benzene rings is 2. The second-order valence-corrected chi connectivity index (χ2v) is 5.55. The fourth-order valence-electron chi connectivity index (χ4n) is 2.04. The van der Waals surface area contributed by atoms with E-state index in [1.807, 2.05) is 0 Å². The Hall–Kier alpha value is -3.36. The highest BCUT2D eigenvalue weighted by atomic mass is 19.4. The fourth-order valence-corrected chi connectivity index (χ4v) is 2.04. The minimum Gasteiger partial charge on any atom is -0.449 e. The summed E-state index contributed by atoms with van der Waals surface area (Å²) in [6.45, 7) is 1.31. The van der Waals surface area contributed by atoms with Gasteiger partial charge in [-0.25, -0.2) is 4.79 Å². The number of esters is 1. The van der Waals surface area contributed by atoms with E-state index in [0.29, 0.717) is 5.69 Å². The zero-order valence-electron chi connectivity index (χ0n) is 14.0. The number of carbonyl (C=O) groups is 3. The molecule has 142 valence electrons. The molecule has 2 aromatic rings. The molecule has 0 heterocycles. The lowest BCUT2D eigenvalue weighted by Gasteiger charge is -2.14. The van der Waals surface area contributed by atoms with E-state index in [-0.39, 0.29) is 11.1 Å². The number of alkyl halides is 3. The zero-order valence-corrected chi connectivity index (χ0v) is 14.0. The number of rotatable bonds is 5. The van der Waals surface area contributed by atoms with Crippen molar-refractivity contribution in [2.24, 2.45) is 5.73 Å². The lowest BCUT2D eigenvalue weighted by Crippen LogP contribution is -2.30. The van der Waals surface area contributed by atoms with Crippen molar-refractivity contribution in [3.05, 3.63) is 65.2 Å². The third-order valence-corrected chi connectivity index (χ3v) is 3.54. The van der Waals surface area contributed by atoms with Gasteiger partial charge in [-0.3, -0.25) is 9.59 Å². The third kappa shape index (κ3) is 5.30. The SMILES string of the molecule is CC(OC(=O)c1ccc(C(F)(F)F)cc1)C(=O)Nc1ccc(C(N)=O)cc1. The zero-order chi connectivity index (χ0) is 20.2. The van der Waals surface area contributed by atoms with Crippen molar-refractivity contribution in [1.82, 2.24) is 0 Å². The van der Waals surface area contributed by atoms with Crippen LogP contribution in [0, 0.1) is 0 Å². The van der Waals surface area contributed by atoms with Gasteiger partial charge in [-0.2, -0.15) is 13.2 Å². The standard InChI is InChI=1S/C18H15F3N2O4/c1-10(16(25)23-14-8-4-11(5-9-14)15(22)24)27-17(26)12-2-6-13(7-3-12)18(19,20)21/h2-10H,1H3,(H2,22,24)(H,23,25). The van der Waals surface area contributed by atoms with Crippen molar-refractivity contribution in [2.75, 3.05) is 5.32 Å². The first-order valence-electron chi connectivity index (χ1n) is 7.67. The largest absolute Gasteiger partial charge is 0.449 e. The maximum atomic E-state index is 12.5. The van der Waals surface area contributed by atoms with Gasteiger partial charge in [0.05, 0.1) is 11.1 Å². The summed E-state index contributed by atoms with van der Waals surface area (Å²) in [7, 11) is 0. The minimum atomic E-state index is -4.51. The number of hydrogen-bond donors (Lipinski definition) is 2. The average molecular weight is 380 g/mol. The van der Waals surface area contributed by atoms with Crippen LogP contribution in [0.15, 0.2) is 48.5 Å². The van der Waals surface area contributed by atoms with Gasteiger partial charge < -0.3 is 15.8 Å². The Kier molecular flexibility index (Phi) is 5.84. The van der Waals surface area contributed by atoms with Gasteiger partial charge in [0.2, 0.25) is 5.91 Å². The van der Waals surface area contributed by atoms with Crippen LogP contribution in [0.5, 0.6) is 0 Å². The van der Waals surface area contributed by atoms with Crippen LogP contribution < -0.4 is 11.1 Å². The van der Waals surface area contributed by atoms with Crippen molar-refractivity contribution in [2.45, 2.75) is 19.2 Å². The molecule has 27 heavy (non-hydrogen) atoms. The highest BCUT2D eigenvalue weighted by Crippen LogP contribution is 2.29. The van der Waals surface area contributed by atoms with Crippen molar-refractivity contribution in [3.63, 3.8) is 0 Å². The van der Waals surface area contributed by atoms with E-state index in [1.165, 1.54) is 31.2 Å². The van der Waals surface area contributed by atoms with Gasteiger partial charge >= 0.3 is 12.1 Å². The highest BCUT2D eigenvalue weighted by molar-refractivity contribution is 5.98. The number of nitrogens with two attached hydrogens (primary N) is 1. The second-order valence-electron chi connectivity index (χ2n) is 5.55. The number of primary amides is 1. The predicted molar refractivity (Wildman–Crippen MR) is 89.9 cm³/mol. The Labute approximate surface area is 152 Å². The lowest BCUT2D eigenvalue weighted by atomic mass is 10.1. The normalized spacial score (nSPS) is 12.1. The van der Waals surface area contributed by atoms with E-state index < -0.39 is 35.6 Å². The molecule has 0 radical (unpaired) electrons.